The molecule has 0 atom stereocenters. The van der Waals surface area contributed by atoms with Crippen LogP contribution in [0, 0.1) is 0 Å². The van der Waals surface area contributed by atoms with Crippen LogP contribution < -0.4 is 0 Å². The topological polar surface area (TPSA) is 37.4 Å². The van der Waals surface area contributed by atoms with E-state index >= 15 is 0 Å². The van der Waals surface area contributed by atoms with Gasteiger partial charge in [-0.15, -0.1) is 0 Å². The average molecular weight is 161 g/mol. The van der Waals surface area contributed by atoms with Crippen LogP contribution in [0.15, 0.2) is 0 Å². The summed E-state index contributed by atoms with van der Waals surface area (Å²) in [6.45, 7) is 1.06. The third-order valence-electron chi connectivity index (χ3n) is 2.70. The molecule has 0 saturated carbocycles. The summed E-state index contributed by atoms with van der Waals surface area (Å²) >= 11 is 0. The molecule has 0 bridgehead atoms. The highest BCUT2D eigenvalue weighted by Crippen LogP contribution is 2.39. The van der Waals surface area contributed by atoms with Crippen LogP contribution in [0.3, 0.4) is 0 Å². The van der Waals surface area contributed by atoms with Gasteiger partial charge in [0.2, 0.25) is 0 Å². The minimum Gasteiger partial charge on any atom is -0.299 e. The minimum atomic E-state index is -2.62. The van der Waals surface area contributed by atoms with E-state index in [4.69, 9.17) is 0 Å². The second-order valence-corrected chi connectivity index (χ2v) is 5.49. The molecular formula is C6H11NO2S. The highest BCUT2D eigenvalue weighted by molar-refractivity contribution is 7.93. The van der Waals surface area contributed by atoms with Crippen molar-refractivity contribution in [2.45, 2.75) is 12.0 Å². The molecule has 0 unspecified atom stereocenters. The molecule has 2 saturated heterocycles. The van der Waals surface area contributed by atoms with E-state index in [0.717, 1.165) is 13.0 Å². The summed E-state index contributed by atoms with van der Waals surface area (Å²) in [5.41, 5.74) is 0.0822. The van der Waals surface area contributed by atoms with Crippen LogP contribution in [-0.4, -0.2) is 44.0 Å². The molecule has 2 rings (SSSR count). The fraction of sp³-hybridized carbons (Fsp3) is 1.00. The normalized spacial score (nSPS) is 34.9. The van der Waals surface area contributed by atoms with Gasteiger partial charge in [0, 0.05) is 12.1 Å². The average Bonchev–Trinajstić information content (AvgIpc) is 1.78. The van der Waals surface area contributed by atoms with E-state index in [1.807, 2.05) is 7.05 Å². The van der Waals surface area contributed by atoms with Gasteiger partial charge in [-0.1, -0.05) is 0 Å². The lowest BCUT2D eigenvalue weighted by Crippen LogP contribution is -2.71. The monoisotopic (exact) mass is 161 g/mol. The highest BCUT2D eigenvalue weighted by Gasteiger charge is 2.55. The SMILES string of the molecule is CN1CCC12CS(=O)(=O)C2. The Bertz CT molecular complexity index is 245. The first-order chi connectivity index (χ1) is 4.54. The van der Waals surface area contributed by atoms with E-state index in [-0.39, 0.29) is 5.54 Å². The van der Waals surface area contributed by atoms with Gasteiger partial charge >= 0.3 is 0 Å². The number of rotatable bonds is 0. The van der Waals surface area contributed by atoms with Crippen molar-refractivity contribution in [1.82, 2.24) is 4.90 Å². The van der Waals surface area contributed by atoms with Gasteiger partial charge in [0.15, 0.2) is 9.84 Å². The van der Waals surface area contributed by atoms with Crippen LogP contribution in [0.4, 0.5) is 0 Å². The zero-order valence-electron chi connectivity index (χ0n) is 6.00. The molecule has 2 fully saturated rings. The van der Waals surface area contributed by atoms with E-state index in [1.165, 1.54) is 0 Å². The second-order valence-electron chi connectivity index (χ2n) is 3.43. The fourth-order valence-electron chi connectivity index (χ4n) is 1.79. The molecule has 0 aromatic carbocycles. The lowest BCUT2D eigenvalue weighted by Gasteiger charge is -2.55. The van der Waals surface area contributed by atoms with Gasteiger partial charge in [-0.25, -0.2) is 8.42 Å². The first-order valence-corrected chi connectivity index (χ1v) is 5.28. The third-order valence-corrected chi connectivity index (χ3v) is 4.65. The maximum absolute atomic E-state index is 10.8. The minimum absolute atomic E-state index is 0.0822. The molecule has 0 aliphatic carbocycles. The smallest absolute Gasteiger partial charge is 0.154 e. The Morgan fingerprint density at radius 2 is 2.00 bits per heavy atom. The molecule has 0 amide bonds. The first kappa shape index (κ1) is 6.61. The maximum atomic E-state index is 10.8. The van der Waals surface area contributed by atoms with Crippen LogP contribution in [0.1, 0.15) is 6.42 Å². The van der Waals surface area contributed by atoms with E-state index < -0.39 is 9.84 Å². The molecular weight excluding hydrogens is 150 g/mol. The Kier molecular flexibility index (Phi) is 1.03. The predicted molar refractivity (Wildman–Crippen MR) is 38.6 cm³/mol. The summed E-state index contributed by atoms with van der Waals surface area (Å²) in [6, 6.07) is 0. The number of nitrogens with zero attached hydrogens (tertiary/aromatic N) is 1. The molecule has 2 heterocycles. The van der Waals surface area contributed by atoms with Gasteiger partial charge in [0.05, 0.1) is 11.5 Å². The number of hydrogen-bond acceptors (Lipinski definition) is 3. The summed E-state index contributed by atoms with van der Waals surface area (Å²) < 4.78 is 21.6. The first-order valence-electron chi connectivity index (χ1n) is 3.46. The standard InChI is InChI=1S/C6H11NO2S/c1-7-3-2-6(7)4-10(8,9)5-6/h2-5H2,1H3. The molecule has 0 aromatic rings. The molecule has 3 nitrogen and oxygen atoms in total. The van der Waals surface area contributed by atoms with Crippen LogP contribution >= 0.6 is 0 Å². The number of sulfone groups is 1. The summed E-state index contributed by atoms with van der Waals surface area (Å²) in [5, 5.41) is 0. The molecule has 0 radical (unpaired) electrons. The van der Waals surface area contributed by atoms with Crippen LogP contribution in [0.2, 0.25) is 0 Å². The van der Waals surface area contributed by atoms with Crippen molar-refractivity contribution in [3.8, 4) is 0 Å². The van der Waals surface area contributed by atoms with Crippen molar-refractivity contribution >= 4 is 9.84 Å². The highest BCUT2D eigenvalue weighted by atomic mass is 32.2. The van der Waals surface area contributed by atoms with E-state index in [9.17, 15) is 8.42 Å². The molecule has 2 aliphatic heterocycles. The molecule has 4 heteroatoms. The van der Waals surface area contributed by atoms with Crippen LogP contribution in [-0.2, 0) is 9.84 Å². The Balaban J connectivity index is 2.13. The lowest BCUT2D eigenvalue weighted by atomic mass is 9.89. The predicted octanol–water partition coefficient (Wildman–Crippen LogP) is -0.511. The van der Waals surface area contributed by atoms with Crippen LogP contribution in [0.25, 0.3) is 0 Å². The summed E-state index contributed by atoms with van der Waals surface area (Å²) in [6.07, 6.45) is 1.07. The zero-order chi connectivity index (χ0) is 7.41. The van der Waals surface area contributed by atoms with Gasteiger partial charge < -0.3 is 0 Å². The Hall–Kier alpha value is -0.0900. The van der Waals surface area contributed by atoms with Gasteiger partial charge in [-0.3, -0.25) is 4.90 Å². The van der Waals surface area contributed by atoms with Crippen molar-refractivity contribution in [1.29, 1.82) is 0 Å². The Morgan fingerprint density at radius 1 is 1.40 bits per heavy atom. The van der Waals surface area contributed by atoms with Crippen LogP contribution in [0.5, 0.6) is 0 Å². The van der Waals surface area contributed by atoms with Gasteiger partial charge in [0.25, 0.3) is 0 Å². The van der Waals surface area contributed by atoms with E-state index in [0.29, 0.717) is 11.5 Å². The third kappa shape index (κ3) is 0.661. The molecule has 58 valence electrons. The number of likely N-dealkylation sites (tertiary alicyclic amines) is 1. The van der Waals surface area contributed by atoms with Crippen molar-refractivity contribution in [2.24, 2.45) is 0 Å². The fourth-order valence-corrected chi connectivity index (χ4v) is 4.08. The molecule has 2 aliphatic rings. The van der Waals surface area contributed by atoms with Gasteiger partial charge in [0.1, 0.15) is 0 Å². The molecule has 0 aromatic heterocycles. The zero-order valence-corrected chi connectivity index (χ0v) is 6.82. The van der Waals surface area contributed by atoms with Crippen molar-refractivity contribution in [2.75, 3.05) is 25.1 Å². The van der Waals surface area contributed by atoms with E-state index in [2.05, 4.69) is 4.90 Å². The van der Waals surface area contributed by atoms with Gasteiger partial charge in [-0.05, 0) is 13.5 Å². The Morgan fingerprint density at radius 3 is 2.10 bits per heavy atom. The molecule has 1 spiro atoms. The Labute approximate surface area is 60.9 Å². The number of hydrogen-bond donors (Lipinski definition) is 0. The summed E-state index contributed by atoms with van der Waals surface area (Å²) in [4.78, 5) is 2.15. The largest absolute Gasteiger partial charge is 0.299 e. The maximum Gasteiger partial charge on any atom is 0.154 e. The van der Waals surface area contributed by atoms with Gasteiger partial charge in [-0.2, -0.15) is 0 Å². The molecule has 10 heavy (non-hydrogen) atoms. The molecule has 0 N–H and O–H groups in total. The van der Waals surface area contributed by atoms with Crippen molar-refractivity contribution in [3.05, 3.63) is 0 Å². The summed E-state index contributed by atoms with van der Waals surface area (Å²) in [5.74, 6) is 0.799. The quantitative estimate of drug-likeness (QED) is 0.480. The van der Waals surface area contributed by atoms with Crippen molar-refractivity contribution in [3.63, 3.8) is 0 Å². The lowest BCUT2D eigenvalue weighted by molar-refractivity contribution is 0.0377. The summed E-state index contributed by atoms with van der Waals surface area (Å²) in [7, 11) is -0.626. The second kappa shape index (κ2) is 1.56. The van der Waals surface area contributed by atoms with E-state index in [1.54, 1.807) is 0 Å². The van der Waals surface area contributed by atoms with Crippen molar-refractivity contribution < 1.29 is 8.42 Å².